The van der Waals surface area contributed by atoms with Gasteiger partial charge in [-0.2, -0.15) is 8.78 Å². The number of carbonyl (C=O) groups is 1. The van der Waals surface area contributed by atoms with Gasteiger partial charge in [0, 0.05) is 38.2 Å². The summed E-state index contributed by atoms with van der Waals surface area (Å²) in [5, 5.41) is 9.81. The summed E-state index contributed by atoms with van der Waals surface area (Å²) in [4.78, 5) is 26.4. The third-order valence-corrected chi connectivity index (χ3v) is 7.08. The molecule has 1 saturated heterocycles. The van der Waals surface area contributed by atoms with Gasteiger partial charge >= 0.3 is 5.97 Å². The summed E-state index contributed by atoms with van der Waals surface area (Å²) in [6, 6.07) is 18.5. The van der Waals surface area contributed by atoms with E-state index in [0.29, 0.717) is 37.6 Å². The lowest BCUT2D eigenvalue weighted by Gasteiger charge is -2.18. The maximum atomic E-state index is 13.7. The standard InChI is InChI=1S/C30H30F2N4O4/c1-19-25(34-27(40-19)21-6-4-3-5-7-21)13-15-39-23-10-8-20(9-11-23)16-22-17-36(18-24(22)28(37)38)29-33-14-12-26(35-29)30(2,31)32/h3-12,14,22,24H,13,15-18H2,1-2H3,(H,37,38)/t22-,24+/m1/s1. The fourth-order valence-electron chi connectivity index (χ4n) is 4.92. The number of aliphatic carboxylic acids is 1. The van der Waals surface area contributed by atoms with E-state index in [4.69, 9.17) is 9.15 Å². The Morgan fingerprint density at radius 2 is 1.85 bits per heavy atom. The molecule has 0 amide bonds. The van der Waals surface area contributed by atoms with E-state index in [1.165, 1.54) is 12.3 Å². The first-order valence-corrected chi connectivity index (χ1v) is 13.1. The van der Waals surface area contributed by atoms with Gasteiger partial charge in [0.15, 0.2) is 0 Å². The monoisotopic (exact) mass is 548 g/mol. The van der Waals surface area contributed by atoms with E-state index in [2.05, 4.69) is 15.0 Å². The lowest BCUT2D eigenvalue weighted by molar-refractivity contribution is -0.142. The summed E-state index contributed by atoms with van der Waals surface area (Å²) in [5.41, 5.74) is 2.34. The molecule has 0 bridgehead atoms. The summed E-state index contributed by atoms with van der Waals surface area (Å²) in [5.74, 6) is -2.77. The topological polar surface area (TPSA) is 102 Å². The molecule has 5 rings (SSSR count). The third kappa shape index (κ3) is 6.27. The highest BCUT2D eigenvalue weighted by molar-refractivity contribution is 5.72. The van der Waals surface area contributed by atoms with E-state index >= 15 is 0 Å². The van der Waals surface area contributed by atoms with Crippen LogP contribution < -0.4 is 9.64 Å². The first kappa shape index (κ1) is 27.2. The average molecular weight is 549 g/mol. The van der Waals surface area contributed by atoms with Gasteiger partial charge < -0.3 is 19.2 Å². The molecule has 2 aromatic heterocycles. The van der Waals surface area contributed by atoms with Crippen LogP contribution >= 0.6 is 0 Å². The van der Waals surface area contributed by atoms with Crippen LogP contribution in [0.4, 0.5) is 14.7 Å². The third-order valence-electron chi connectivity index (χ3n) is 7.08. The molecule has 0 spiro atoms. The Morgan fingerprint density at radius 1 is 1.10 bits per heavy atom. The minimum Gasteiger partial charge on any atom is -0.493 e. The molecule has 1 fully saturated rings. The van der Waals surface area contributed by atoms with Crippen molar-refractivity contribution in [3.63, 3.8) is 0 Å². The van der Waals surface area contributed by atoms with Gasteiger partial charge in [0.2, 0.25) is 11.8 Å². The Morgan fingerprint density at radius 3 is 2.55 bits per heavy atom. The fraction of sp³-hybridized carbons (Fsp3) is 0.333. The van der Waals surface area contributed by atoms with Crippen molar-refractivity contribution in [2.45, 2.75) is 32.6 Å². The number of nitrogens with zero attached hydrogens (tertiary/aromatic N) is 4. The van der Waals surface area contributed by atoms with E-state index in [0.717, 1.165) is 29.5 Å². The second-order valence-corrected chi connectivity index (χ2v) is 10.1. The molecule has 0 unspecified atom stereocenters. The number of halogens is 2. The van der Waals surface area contributed by atoms with Crippen molar-refractivity contribution in [2.75, 3.05) is 24.6 Å². The lowest BCUT2D eigenvalue weighted by atomic mass is 9.90. The Hall–Kier alpha value is -4.34. The summed E-state index contributed by atoms with van der Waals surface area (Å²) in [6.45, 7) is 3.61. The van der Waals surface area contributed by atoms with Crippen molar-refractivity contribution >= 4 is 11.9 Å². The second-order valence-electron chi connectivity index (χ2n) is 10.1. The summed E-state index contributed by atoms with van der Waals surface area (Å²) < 4.78 is 39.2. The summed E-state index contributed by atoms with van der Waals surface area (Å²) in [6.07, 6.45) is 2.39. The number of rotatable bonds is 10. The van der Waals surface area contributed by atoms with E-state index in [1.54, 1.807) is 4.90 Å². The SMILES string of the molecule is Cc1oc(-c2ccccc2)nc1CCOc1ccc(C[C@@H]2CN(c3nccc(C(C)(F)F)n3)C[C@@H]2C(=O)O)cc1. The number of anilines is 1. The van der Waals surface area contributed by atoms with E-state index in [9.17, 15) is 18.7 Å². The van der Waals surface area contributed by atoms with Gasteiger partial charge in [-0.05, 0) is 55.2 Å². The number of aryl methyl sites for hydroxylation is 1. The van der Waals surface area contributed by atoms with Gasteiger partial charge in [0.1, 0.15) is 17.2 Å². The highest BCUT2D eigenvalue weighted by Gasteiger charge is 2.39. The first-order chi connectivity index (χ1) is 19.2. The maximum absolute atomic E-state index is 13.7. The number of carboxylic acids is 1. The lowest BCUT2D eigenvalue weighted by Crippen LogP contribution is -2.25. The molecular weight excluding hydrogens is 518 g/mol. The van der Waals surface area contributed by atoms with Crippen LogP contribution in [0, 0.1) is 18.8 Å². The molecule has 1 aliphatic rings. The minimum absolute atomic E-state index is 0.120. The maximum Gasteiger partial charge on any atom is 0.308 e. The van der Waals surface area contributed by atoms with Crippen LogP contribution in [0.1, 0.15) is 29.6 Å². The number of hydrogen-bond donors (Lipinski definition) is 1. The Labute approximate surface area is 230 Å². The number of aromatic nitrogens is 3. The fourth-order valence-corrected chi connectivity index (χ4v) is 4.92. The molecule has 8 nitrogen and oxygen atoms in total. The molecule has 40 heavy (non-hydrogen) atoms. The van der Waals surface area contributed by atoms with Crippen LogP contribution in [0.3, 0.4) is 0 Å². The molecule has 0 aliphatic carbocycles. The smallest absolute Gasteiger partial charge is 0.308 e. The minimum atomic E-state index is -3.11. The molecule has 4 aromatic rings. The van der Waals surface area contributed by atoms with Crippen LogP contribution in [0.5, 0.6) is 5.75 Å². The molecule has 0 radical (unpaired) electrons. The molecule has 1 aliphatic heterocycles. The molecule has 2 aromatic carbocycles. The average Bonchev–Trinajstić information content (AvgIpc) is 3.53. The number of carboxylic acid groups (broad SMARTS) is 1. The van der Waals surface area contributed by atoms with Gasteiger partial charge in [-0.1, -0.05) is 30.3 Å². The number of ether oxygens (including phenoxy) is 1. The summed E-state index contributed by atoms with van der Waals surface area (Å²) in [7, 11) is 0. The summed E-state index contributed by atoms with van der Waals surface area (Å²) >= 11 is 0. The van der Waals surface area contributed by atoms with Gasteiger partial charge in [-0.3, -0.25) is 4.79 Å². The number of oxazole rings is 1. The highest BCUT2D eigenvalue weighted by atomic mass is 19.3. The highest BCUT2D eigenvalue weighted by Crippen LogP contribution is 2.32. The van der Waals surface area contributed by atoms with E-state index in [-0.39, 0.29) is 18.4 Å². The van der Waals surface area contributed by atoms with Crippen molar-refractivity contribution in [1.29, 1.82) is 0 Å². The van der Waals surface area contributed by atoms with Crippen molar-refractivity contribution in [2.24, 2.45) is 11.8 Å². The van der Waals surface area contributed by atoms with Crippen LogP contribution in [0.2, 0.25) is 0 Å². The number of hydrogen-bond acceptors (Lipinski definition) is 7. The van der Waals surface area contributed by atoms with E-state index in [1.807, 2.05) is 61.5 Å². The van der Waals surface area contributed by atoms with Crippen LogP contribution in [-0.4, -0.2) is 45.7 Å². The molecule has 10 heteroatoms. The molecular formula is C30H30F2N4O4. The Balaban J connectivity index is 1.18. The number of benzene rings is 2. The largest absolute Gasteiger partial charge is 0.493 e. The van der Waals surface area contributed by atoms with Gasteiger partial charge in [0.25, 0.3) is 5.92 Å². The number of alkyl halides is 2. The van der Waals surface area contributed by atoms with Crippen LogP contribution in [-0.2, 0) is 23.6 Å². The zero-order valence-corrected chi connectivity index (χ0v) is 22.3. The molecule has 1 N–H and O–H groups in total. The van der Waals surface area contributed by atoms with Crippen molar-refractivity contribution in [1.82, 2.24) is 15.0 Å². The zero-order chi connectivity index (χ0) is 28.3. The van der Waals surface area contributed by atoms with Gasteiger partial charge in [-0.15, -0.1) is 0 Å². The van der Waals surface area contributed by atoms with Crippen LogP contribution in [0.25, 0.3) is 11.5 Å². The normalized spacial score (nSPS) is 17.2. The molecule has 208 valence electrons. The quantitative estimate of drug-likeness (QED) is 0.275. The molecule has 2 atom stereocenters. The van der Waals surface area contributed by atoms with Crippen molar-refractivity contribution in [3.05, 3.63) is 89.6 Å². The predicted octanol–water partition coefficient (Wildman–Crippen LogP) is 5.55. The van der Waals surface area contributed by atoms with Crippen molar-refractivity contribution in [3.8, 4) is 17.2 Å². The van der Waals surface area contributed by atoms with Crippen LogP contribution in [0.15, 0.2) is 71.3 Å². The molecule has 3 heterocycles. The zero-order valence-electron chi connectivity index (χ0n) is 22.3. The van der Waals surface area contributed by atoms with Gasteiger partial charge in [-0.25, -0.2) is 15.0 Å². The molecule has 0 saturated carbocycles. The van der Waals surface area contributed by atoms with E-state index < -0.39 is 23.5 Å². The second kappa shape index (κ2) is 11.4. The van der Waals surface area contributed by atoms with Crippen molar-refractivity contribution < 1.29 is 27.8 Å². The Kier molecular flexibility index (Phi) is 7.77. The first-order valence-electron chi connectivity index (χ1n) is 13.1. The van der Waals surface area contributed by atoms with Gasteiger partial charge in [0.05, 0.1) is 18.2 Å². The Bertz CT molecular complexity index is 1450. The predicted molar refractivity (Wildman–Crippen MR) is 144 cm³/mol.